The van der Waals surface area contributed by atoms with Gasteiger partial charge in [-0.25, -0.2) is 8.42 Å². The van der Waals surface area contributed by atoms with Gasteiger partial charge in [0.05, 0.1) is 12.0 Å². The van der Waals surface area contributed by atoms with E-state index in [9.17, 15) is 13.2 Å². The van der Waals surface area contributed by atoms with Crippen molar-refractivity contribution in [3.63, 3.8) is 0 Å². The van der Waals surface area contributed by atoms with Gasteiger partial charge in [0.15, 0.2) is 0 Å². The van der Waals surface area contributed by atoms with Crippen molar-refractivity contribution in [1.82, 2.24) is 4.90 Å². The van der Waals surface area contributed by atoms with E-state index in [1.165, 1.54) is 19.2 Å². The van der Waals surface area contributed by atoms with Crippen LogP contribution in [0.3, 0.4) is 0 Å². The van der Waals surface area contributed by atoms with Crippen LogP contribution in [0.4, 0.5) is 5.69 Å². The summed E-state index contributed by atoms with van der Waals surface area (Å²) < 4.78 is 32.8. The number of amides is 1. The topological polar surface area (TPSA) is 75.7 Å². The highest BCUT2D eigenvalue weighted by molar-refractivity contribution is 7.92. The third-order valence-corrected chi connectivity index (χ3v) is 5.10. The van der Waals surface area contributed by atoms with Gasteiger partial charge < -0.3 is 9.64 Å². The molecule has 0 aromatic heterocycles. The molecule has 26 heavy (non-hydrogen) atoms. The summed E-state index contributed by atoms with van der Waals surface area (Å²) >= 11 is 0. The maximum atomic E-state index is 12.6. The summed E-state index contributed by atoms with van der Waals surface area (Å²) in [6.45, 7) is 4.63. The maximum Gasteiger partial charge on any atom is 0.261 e. The Kier molecular flexibility index (Phi) is 6.26. The highest BCUT2D eigenvalue weighted by atomic mass is 32.2. The predicted octanol–water partition coefficient (Wildman–Crippen LogP) is 3.22. The summed E-state index contributed by atoms with van der Waals surface area (Å²) in [5.74, 6) is 0.751. The quantitative estimate of drug-likeness (QED) is 0.805. The number of hydrogen-bond acceptors (Lipinski definition) is 4. The van der Waals surface area contributed by atoms with Gasteiger partial charge in [0.2, 0.25) is 0 Å². The summed E-state index contributed by atoms with van der Waals surface area (Å²) in [5.41, 5.74) is 0.755. The van der Waals surface area contributed by atoms with Crippen molar-refractivity contribution < 1.29 is 17.9 Å². The average molecular weight is 376 g/mol. The molecule has 6 nitrogen and oxygen atoms in total. The Hall–Kier alpha value is -2.54. The molecule has 0 saturated carbocycles. The second kappa shape index (κ2) is 8.23. The zero-order chi connectivity index (χ0) is 19.3. The number of hydrogen-bond donors (Lipinski definition) is 1. The zero-order valence-electron chi connectivity index (χ0n) is 15.4. The monoisotopic (exact) mass is 376 g/mol. The van der Waals surface area contributed by atoms with Gasteiger partial charge in [-0.3, -0.25) is 9.52 Å². The lowest BCUT2D eigenvalue weighted by atomic mass is 10.1. The van der Waals surface area contributed by atoms with E-state index in [-0.39, 0.29) is 10.8 Å². The Labute approximate surface area is 154 Å². The minimum Gasteiger partial charge on any atom is -0.497 e. The van der Waals surface area contributed by atoms with Crippen LogP contribution in [-0.2, 0) is 10.0 Å². The van der Waals surface area contributed by atoms with Gasteiger partial charge in [-0.1, -0.05) is 19.9 Å². The Morgan fingerprint density at radius 3 is 2.38 bits per heavy atom. The fourth-order valence-electron chi connectivity index (χ4n) is 2.52. The molecule has 0 aliphatic heterocycles. The standard InChI is InChI=1S/C19H24N2O4S/c1-14(2)13-21(3)19(22)15-6-5-7-18(12-15)26(23,24)20-16-8-10-17(25-4)11-9-16/h5-12,14,20H,13H2,1-4H3. The van der Waals surface area contributed by atoms with Gasteiger partial charge in [-0.2, -0.15) is 0 Å². The number of sulfonamides is 1. The van der Waals surface area contributed by atoms with Crippen molar-refractivity contribution in [2.24, 2.45) is 5.92 Å². The minimum atomic E-state index is -3.80. The van der Waals surface area contributed by atoms with E-state index in [0.717, 1.165) is 0 Å². The third-order valence-electron chi connectivity index (χ3n) is 3.72. The molecule has 0 saturated heterocycles. The number of nitrogens with zero attached hydrogens (tertiary/aromatic N) is 1. The Bertz CT molecular complexity index is 861. The van der Waals surface area contributed by atoms with Crippen LogP contribution in [0.15, 0.2) is 53.4 Å². The van der Waals surface area contributed by atoms with Crippen LogP contribution in [0.5, 0.6) is 5.75 Å². The second-order valence-corrected chi connectivity index (χ2v) is 8.12. The van der Waals surface area contributed by atoms with Crippen LogP contribution in [0.25, 0.3) is 0 Å². The first-order valence-corrected chi connectivity index (χ1v) is 9.73. The SMILES string of the molecule is COc1ccc(NS(=O)(=O)c2cccc(C(=O)N(C)CC(C)C)c2)cc1. The van der Waals surface area contributed by atoms with Gasteiger partial charge in [0, 0.05) is 24.8 Å². The summed E-state index contributed by atoms with van der Waals surface area (Å²) in [5, 5.41) is 0. The number of carbonyl (C=O) groups excluding carboxylic acids is 1. The fraction of sp³-hybridized carbons (Fsp3) is 0.316. The Morgan fingerprint density at radius 1 is 1.15 bits per heavy atom. The molecule has 7 heteroatoms. The van der Waals surface area contributed by atoms with Crippen molar-refractivity contribution in [2.75, 3.05) is 25.4 Å². The Morgan fingerprint density at radius 2 is 1.81 bits per heavy atom. The largest absolute Gasteiger partial charge is 0.497 e. The molecule has 0 aliphatic carbocycles. The molecule has 0 aliphatic rings. The van der Waals surface area contributed by atoms with Gasteiger partial charge >= 0.3 is 0 Å². The molecule has 0 spiro atoms. The molecule has 1 N–H and O–H groups in total. The molecule has 2 aromatic carbocycles. The molecule has 0 atom stereocenters. The van der Waals surface area contributed by atoms with Gasteiger partial charge in [-0.15, -0.1) is 0 Å². The lowest BCUT2D eigenvalue weighted by Crippen LogP contribution is -2.30. The molecule has 140 valence electrons. The average Bonchev–Trinajstić information content (AvgIpc) is 2.61. The van der Waals surface area contributed by atoms with Gasteiger partial charge in [0.25, 0.3) is 15.9 Å². The lowest BCUT2D eigenvalue weighted by molar-refractivity contribution is 0.0779. The number of benzene rings is 2. The Balaban J connectivity index is 2.22. The summed E-state index contributed by atoms with van der Waals surface area (Å²) in [7, 11) is -0.552. The number of methoxy groups -OCH3 is 1. The summed E-state index contributed by atoms with van der Waals surface area (Å²) in [6.07, 6.45) is 0. The summed E-state index contributed by atoms with van der Waals surface area (Å²) in [4.78, 5) is 14.1. The number of rotatable bonds is 7. The van der Waals surface area contributed by atoms with Crippen molar-refractivity contribution in [3.8, 4) is 5.75 Å². The highest BCUT2D eigenvalue weighted by Crippen LogP contribution is 2.20. The van der Waals surface area contributed by atoms with Crippen LogP contribution < -0.4 is 9.46 Å². The molecular weight excluding hydrogens is 352 g/mol. The molecule has 0 radical (unpaired) electrons. The number of carbonyl (C=O) groups is 1. The van der Waals surface area contributed by atoms with Crippen LogP contribution in [-0.4, -0.2) is 39.9 Å². The second-order valence-electron chi connectivity index (χ2n) is 6.44. The van der Waals surface area contributed by atoms with E-state index >= 15 is 0 Å². The van der Waals surface area contributed by atoms with Crippen molar-refractivity contribution in [1.29, 1.82) is 0 Å². The molecule has 1 amide bonds. The lowest BCUT2D eigenvalue weighted by Gasteiger charge is -2.19. The highest BCUT2D eigenvalue weighted by Gasteiger charge is 2.18. The van der Waals surface area contributed by atoms with Gasteiger partial charge in [0.1, 0.15) is 5.75 Å². The van der Waals surface area contributed by atoms with E-state index in [0.29, 0.717) is 29.5 Å². The molecule has 2 rings (SSSR count). The first kappa shape index (κ1) is 19.8. The molecular formula is C19H24N2O4S. The molecule has 0 unspecified atom stereocenters. The minimum absolute atomic E-state index is 0.0390. The predicted molar refractivity (Wildman–Crippen MR) is 102 cm³/mol. The van der Waals surface area contributed by atoms with E-state index in [1.807, 2.05) is 13.8 Å². The summed E-state index contributed by atoms with van der Waals surface area (Å²) in [6, 6.07) is 12.6. The molecule has 0 heterocycles. The molecule has 0 bridgehead atoms. The van der Waals surface area contributed by atoms with Crippen LogP contribution in [0.1, 0.15) is 24.2 Å². The fourth-order valence-corrected chi connectivity index (χ4v) is 3.62. The zero-order valence-corrected chi connectivity index (χ0v) is 16.2. The number of anilines is 1. The normalized spacial score (nSPS) is 11.3. The van der Waals surface area contributed by atoms with Crippen LogP contribution in [0.2, 0.25) is 0 Å². The van der Waals surface area contributed by atoms with E-state index < -0.39 is 10.0 Å². The van der Waals surface area contributed by atoms with Gasteiger partial charge in [-0.05, 0) is 48.4 Å². The molecule has 2 aromatic rings. The van der Waals surface area contributed by atoms with Crippen molar-refractivity contribution in [3.05, 3.63) is 54.1 Å². The first-order chi connectivity index (χ1) is 12.2. The van der Waals surface area contributed by atoms with Crippen molar-refractivity contribution >= 4 is 21.6 Å². The first-order valence-electron chi connectivity index (χ1n) is 8.25. The smallest absolute Gasteiger partial charge is 0.261 e. The van der Waals surface area contributed by atoms with Crippen LogP contribution >= 0.6 is 0 Å². The van der Waals surface area contributed by atoms with E-state index in [1.54, 1.807) is 48.3 Å². The third kappa shape index (κ3) is 4.98. The molecule has 0 fully saturated rings. The number of ether oxygens (including phenoxy) is 1. The maximum absolute atomic E-state index is 12.6. The van der Waals surface area contributed by atoms with E-state index in [4.69, 9.17) is 4.74 Å². The number of nitrogens with one attached hydrogen (secondary N) is 1. The van der Waals surface area contributed by atoms with Crippen molar-refractivity contribution in [2.45, 2.75) is 18.7 Å². The van der Waals surface area contributed by atoms with E-state index in [2.05, 4.69) is 4.72 Å². The van der Waals surface area contributed by atoms with Crippen LogP contribution in [0, 0.1) is 5.92 Å².